The molecule has 0 aliphatic rings. The average Bonchev–Trinajstić information content (AvgIpc) is 1.95. The van der Waals surface area contributed by atoms with Crippen LogP contribution in [0.25, 0.3) is 0 Å². The highest BCUT2D eigenvalue weighted by Gasteiger charge is 1.96. The maximum Gasteiger partial charge on any atom is 0.142 e. The first kappa shape index (κ1) is 6.96. The standard InChI is InChI=1S/C6H10BN3/c7-4-2-1-3-5(10-9)6(4)8/h1-3,10H,7-9H2. The van der Waals surface area contributed by atoms with Gasteiger partial charge in [0, 0.05) is 5.69 Å². The molecule has 1 aromatic rings. The van der Waals surface area contributed by atoms with Gasteiger partial charge in [-0.15, -0.1) is 0 Å². The average molecular weight is 135 g/mol. The predicted molar refractivity (Wildman–Crippen MR) is 46.8 cm³/mol. The van der Waals surface area contributed by atoms with Crippen LogP contribution in [-0.2, 0) is 0 Å². The molecule has 0 radical (unpaired) electrons. The molecule has 52 valence electrons. The summed E-state index contributed by atoms with van der Waals surface area (Å²) in [5.74, 6) is 5.19. The van der Waals surface area contributed by atoms with Crippen LogP contribution < -0.4 is 22.5 Å². The van der Waals surface area contributed by atoms with E-state index in [2.05, 4.69) is 5.43 Å². The Morgan fingerprint density at radius 2 is 2.10 bits per heavy atom. The lowest BCUT2D eigenvalue weighted by atomic mass is 9.94. The zero-order chi connectivity index (χ0) is 7.56. The minimum absolute atomic E-state index is 0.713. The normalized spacial score (nSPS) is 9.30. The number of para-hydroxylation sites is 1. The number of hydrogen-bond donors (Lipinski definition) is 3. The molecule has 0 amide bonds. The van der Waals surface area contributed by atoms with Crippen LogP contribution in [0.1, 0.15) is 0 Å². The highest BCUT2D eigenvalue weighted by molar-refractivity contribution is 6.36. The topological polar surface area (TPSA) is 64.1 Å². The molecule has 0 aromatic heterocycles. The van der Waals surface area contributed by atoms with Crippen molar-refractivity contribution in [2.45, 2.75) is 0 Å². The molecule has 0 fully saturated rings. The molecule has 0 heterocycles. The van der Waals surface area contributed by atoms with Gasteiger partial charge in [0.1, 0.15) is 7.85 Å². The molecule has 0 saturated heterocycles. The fourth-order valence-electron chi connectivity index (χ4n) is 0.807. The lowest BCUT2D eigenvalue weighted by molar-refractivity contribution is 1.36. The van der Waals surface area contributed by atoms with E-state index >= 15 is 0 Å². The van der Waals surface area contributed by atoms with Gasteiger partial charge in [0.2, 0.25) is 0 Å². The Bertz CT molecular complexity index is 236. The van der Waals surface area contributed by atoms with Gasteiger partial charge in [-0.1, -0.05) is 17.6 Å². The molecule has 1 rings (SSSR count). The van der Waals surface area contributed by atoms with Crippen LogP contribution in [-0.4, -0.2) is 7.85 Å². The van der Waals surface area contributed by atoms with Crippen molar-refractivity contribution < 1.29 is 0 Å². The quantitative estimate of drug-likeness (QED) is 0.196. The number of anilines is 2. The van der Waals surface area contributed by atoms with E-state index in [-0.39, 0.29) is 0 Å². The summed E-state index contributed by atoms with van der Waals surface area (Å²) >= 11 is 0. The van der Waals surface area contributed by atoms with Crippen LogP contribution in [0.15, 0.2) is 18.2 Å². The summed E-state index contributed by atoms with van der Waals surface area (Å²) in [5.41, 5.74) is 10.7. The van der Waals surface area contributed by atoms with E-state index in [1.165, 1.54) is 0 Å². The molecule has 3 nitrogen and oxygen atoms in total. The zero-order valence-corrected chi connectivity index (χ0v) is 5.89. The first-order chi connectivity index (χ1) is 4.75. The van der Waals surface area contributed by atoms with E-state index in [0.717, 1.165) is 11.2 Å². The second kappa shape index (κ2) is 2.62. The van der Waals surface area contributed by atoms with E-state index < -0.39 is 0 Å². The van der Waals surface area contributed by atoms with Gasteiger partial charge in [-0.25, -0.2) is 0 Å². The lowest BCUT2D eigenvalue weighted by Gasteiger charge is -2.05. The fourth-order valence-corrected chi connectivity index (χ4v) is 0.807. The van der Waals surface area contributed by atoms with Gasteiger partial charge in [-0.3, -0.25) is 5.84 Å². The maximum atomic E-state index is 5.65. The van der Waals surface area contributed by atoms with Crippen LogP contribution in [0, 0.1) is 0 Å². The molecular weight excluding hydrogens is 125 g/mol. The van der Waals surface area contributed by atoms with Crippen LogP contribution >= 0.6 is 0 Å². The minimum atomic E-state index is 0.713. The van der Waals surface area contributed by atoms with E-state index in [4.69, 9.17) is 11.6 Å². The molecule has 0 aliphatic carbocycles. The molecule has 10 heavy (non-hydrogen) atoms. The number of rotatable bonds is 1. The van der Waals surface area contributed by atoms with Gasteiger partial charge < -0.3 is 11.2 Å². The second-order valence-corrected chi connectivity index (χ2v) is 2.18. The Morgan fingerprint density at radius 1 is 1.40 bits per heavy atom. The molecule has 0 spiro atoms. The highest BCUT2D eigenvalue weighted by atomic mass is 15.2. The summed E-state index contributed by atoms with van der Waals surface area (Å²) in [4.78, 5) is 0. The molecular formula is C6H10BN3. The first-order valence-corrected chi connectivity index (χ1v) is 3.07. The SMILES string of the molecule is Bc1cccc(NN)c1N. The summed E-state index contributed by atoms with van der Waals surface area (Å²) < 4.78 is 0. The third-order valence-corrected chi connectivity index (χ3v) is 1.48. The third-order valence-electron chi connectivity index (χ3n) is 1.48. The summed E-state index contributed by atoms with van der Waals surface area (Å²) in [6.07, 6.45) is 0. The summed E-state index contributed by atoms with van der Waals surface area (Å²) in [6.45, 7) is 0. The van der Waals surface area contributed by atoms with Crippen LogP contribution in [0.4, 0.5) is 11.4 Å². The number of nitrogens with two attached hydrogens (primary N) is 2. The largest absolute Gasteiger partial charge is 0.397 e. The van der Waals surface area contributed by atoms with Crippen molar-refractivity contribution in [3.63, 3.8) is 0 Å². The van der Waals surface area contributed by atoms with Crippen LogP contribution in [0.5, 0.6) is 0 Å². The summed E-state index contributed by atoms with van der Waals surface area (Å²) in [5, 5.41) is 0. The summed E-state index contributed by atoms with van der Waals surface area (Å²) in [7, 11) is 1.94. The molecule has 4 heteroatoms. The summed E-state index contributed by atoms with van der Waals surface area (Å²) in [6, 6.07) is 5.68. The van der Waals surface area contributed by atoms with E-state index in [1.54, 1.807) is 0 Å². The molecule has 0 aliphatic heterocycles. The van der Waals surface area contributed by atoms with Crippen molar-refractivity contribution >= 4 is 24.7 Å². The smallest absolute Gasteiger partial charge is 0.142 e. The predicted octanol–water partition coefficient (Wildman–Crippen LogP) is -1.19. The Labute approximate surface area is 60.8 Å². The maximum absolute atomic E-state index is 5.65. The number of hydrogen-bond acceptors (Lipinski definition) is 3. The first-order valence-electron chi connectivity index (χ1n) is 3.07. The minimum Gasteiger partial charge on any atom is -0.397 e. The highest BCUT2D eigenvalue weighted by Crippen LogP contribution is 2.11. The molecule has 0 atom stereocenters. The Morgan fingerprint density at radius 3 is 2.60 bits per heavy atom. The van der Waals surface area contributed by atoms with Gasteiger partial charge in [0.15, 0.2) is 0 Å². The van der Waals surface area contributed by atoms with Gasteiger partial charge in [0.05, 0.1) is 5.69 Å². The van der Waals surface area contributed by atoms with Crippen molar-refractivity contribution in [1.29, 1.82) is 0 Å². The molecule has 0 bridgehead atoms. The Balaban J connectivity index is 3.14. The Hall–Kier alpha value is -1.16. The lowest BCUT2D eigenvalue weighted by Crippen LogP contribution is -2.15. The van der Waals surface area contributed by atoms with Crippen LogP contribution in [0.3, 0.4) is 0 Å². The van der Waals surface area contributed by atoms with Gasteiger partial charge in [-0.2, -0.15) is 0 Å². The second-order valence-electron chi connectivity index (χ2n) is 2.18. The van der Waals surface area contributed by atoms with Crippen LogP contribution in [0.2, 0.25) is 0 Å². The number of nitrogen functional groups attached to an aromatic ring is 2. The molecule has 0 unspecified atom stereocenters. The van der Waals surface area contributed by atoms with Gasteiger partial charge in [-0.05, 0) is 6.07 Å². The monoisotopic (exact) mass is 135 g/mol. The molecule has 0 saturated carbocycles. The van der Waals surface area contributed by atoms with Gasteiger partial charge >= 0.3 is 0 Å². The van der Waals surface area contributed by atoms with E-state index in [1.807, 2.05) is 26.0 Å². The van der Waals surface area contributed by atoms with E-state index in [0.29, 0.717) is 5.69 Å². The van der Waals surface area contributed by atoms with Crippen molar-refractivity contribution in [3.05, 3.63) is 18.2 Å². The van der Waals surface area contributed by atoms with Crippen molar-refractivity contribution in [2.24, 2.45) is 5.84 Å². The van der Waals surface area contributed by atoms with Gasteiger partial charge in [0.25, 0.3) is 0 Å². The van der Waals surface area contributed by atoms with Crippen molar-refractivity contribution in [1.82, 2.24) is 0 Å². The van der Waals surface area contributed by atoms with Crippen molar-refractivity contribution in [2.75, 3.05) is 11.2 Å². The molecule has 5 N–H and O–H groups in total. The fraction of sp³-hybridized carbons (Fsp3) is 0. The zero-order valence-electron chi connectivity index (χ0n) is 5.89. The third kappa shape index (κ3) is 1.06. The number of benzene rings is 1. The van der Waals surface area contributed by atoms with Crippen molar-refractivity contribution in [3.8, 4) is 0 Å². The number of nitrogens with one attached hydrogen (secondary N) is 1. The van der Waals surface area contributed by atoms with E-state index in [9.17, 15) is 0 Å². The number of hydrazine groups is 1. The molecule has 1 aromatic carbocycles. The Kier molecular flexibility index (Phi) is 1.82.